The van der Waals surface area contributed by atoms with E-state index in [1.54, 1.807) is 0 Å². The number of aliphatic hydroxyl groups excluding tert-OH is 1. The van der Waals surface area contributed by atoms with Crippen LogP contribution in [-0.2, 0) is 4.74 Å². The zero-order valence-electron chi connectivity index (χ0n) is 11.7. The molecule has 7 nitrogen and oxygen atoms in total. The molecule has 2 unspecified atom stereocenters. The zero-order valence-corrected chi connectivity index (χ0v) is 12.5. The van der Waals surface area contributed by atoms with Crippen LogP contribution in [0.2, 0.25) is 5.28 Å². The van der Waals surface area contributed by atoms with Gasteiger partial charge in [0.2, 0.25) is 17.2 Å². The summed E-state index contributed by atoms with van der Waals surface area (Å²) in [7, 11) is 0. The van der Waals surface area contributed by atoms with E-state index in [1.807, 2.05) is 18.7 Å². The molecule has 2 atom stereocenters. The molecule has 0 radical (unpaired) electrons. The number of aromatic nitrogens is 3. The third kappa shape index (κ3) is 3.91. The van der Waals surface area contributed by atoms with Crippen LogP contribution in [0.4, 0.5) is 11.9 Å². The molecule has 2 N–H and O–H groups in total. The smallest absolute Gasteiger partial charge is 0.231 e. The van der Waals surface area contributed by atoms with Gasteiger partial charge in [-0.15, -0.1) is 0 Å². The van der Waals surface area contributed by atoms with Crippen molar-refractivity contribution in [2.45, 2.75) is 19.9 Å². The van der Waals surface area contributed by atoms with Crippen molar-refractivity contribution in [3.8, 4) is 0 Å². The Bertz CT molecular complexity index is 442. The van der Waals surface area contributed by atoms with Gasteiger partial charge in [-0.25, -0.2) is 0 Å². The second-order valence-electron chi connectivity index (χ2n) is 4.92. The first-order valence-electron chi connectivity index (χ1n) is 6.72. The minimum Gasteiger partial charge on any atom is -0.396 e. The zero-order chi connectivity index (χ0) is 14.5. The van der Waals surface area contributed by atoms with Crippen molar-refractivity contribution in [1.82, 2.24) is 15.0 Å². The average molecular weight is 302 g/mol. The lowest BCUT2D eigenvalue weighted by Crippen LogP contribution is -2.37. The summed E-state index contributed by atoms with van der Waals surface area (Å²) in [6.07, 6.45) is 0. The molecule has 112 valence electrons. The summed E-state index contributed by atoms with van der Waals surface area (Å²) in [4.78, 5) is 14.6. The Morgan fingerprint density at radius 1 is 1.30 bits per heavy atom. The molecule has 2 rings (SSSR count). The highest BCUT2D eigenvalue weighted by molar-refractivity contribution is 6.28. The minimum absolute atomic E-state index is 0.0380. The number of ether oxygens (including phenoxy) is 1. The molecule has 8 heteroatoms. The molecule has 1 aliphatic heterocycles. The normalized spacial score (nSPS) is 18.7. The summed E-state index contributed by atoms with van der Waals surface area (Å²) in [5.41, 5.74) is 0. The van der Waals surface area contributed by atoms with E-state index in [4.69, 9.17) is 21.4 Å². The molecule has 0 aromatic carbocycles. The van der Waals surface area contributed by atoms with Crippen LogP contribution >= 0.6 is 11.6 Å². The summed E-state index contributed by atoms with van der Waals surface area (Å²) in [5.74, 6) is 1.08. The van der Waals surface area contributed by atoms with Gasteiger partial charge < -0.3 is 20.1 Å². The second-order valence-corrected chi connectivity index (χ2v) is 5.26. The number of nitrogens with one attached hydrogen (secondary N) is 1. The Hall–Kier alpha value is -1.18. The summed E-state index contributed by atoms with van der Waals surface area (Å²) < 4.78 is 5.30. The van der Waals surface area contributed by atoms with Gasteiger partial charge in [0.05, 0.1) is 13.2 Å². The van der Waals surface area contributed by atoms with Gasteiger partial charge >= 0.3 is 0 Å². The maximum absolute atomic E-state index is 9.15. The molecular weight excluding hydrogens is 282 g/mol. The Labute approximate surface area is 123 Å². The van der Waals surface area contributed by atoms with Gasteiger partial charge in [0.25, 0.3) is 0 Å². The van der Waals surface area contributed by atoms with Gasteiger partial charge in [0, 0.05) is 25.7 Å². The standard InChI is InChI=1S/C12H20ClN5O2/c1-8(7-19)9(2)14-11-15-10(13)16-12(17-11)18-3-5-20-6-4-18/h8-9,19H,3-7H2,1-2H3,(H,14,15,16,17). The molecule has 0 amide bonds. The summed E-state index contributed by atoms with van der Waals surface area (Å²) in [6.45, 7) is 6.80. The average Bonchev–Trinajstić information content (AvgIpc) is 2.46. The van der Waals surface area contributed by atoms with Gasteiger partial charge in [0.1, 0.15) is 0 Å². The molecule has 1 aromatic heterocycles. The van der Waals surface area contributed by atoms with Crippen molar-refractivity contribution >= 4 is 23.5 Å². The number of nitrogens with zero attached hydrogens (tertiary/aromatic N) is 4. The van der Waals surface area contributed by atoms with E-state index >= 15 is 0 Å². The third-order valence-electron chi connectivity index (χ3n) is 3.39. The van der Waals surface area contributed by atoms with E-state index in [0.29, 0.717) is 25.1 Å². The molecule has 1 aromatic rings. The number of anilines is 2. The highest BCUT2D eigenvalue weighted by atomic mass is 35.5. The number of halogens is 1. The van der Waals surface area contributed by atoms with Crippen LogP contribution in [0.1, 0.15) is 13.8 Å². The van der Waals surface area contributed by atoms with E-state index in [-0.39, 0.29) is 23.9 Å². The summed E-state index contributed by atoms with van der Waals surface area (Å²) in [5, 5.41) is 12.5. The van der Waals surface area contributed by atoms with Crippen molar-refractivity contribution in [2.24, 2.45) is 5.92 Å². The first kappa shape index (κ1) is 15.2. The van der Waals surface area contributed by atoms with Crippen molar-refractivity contribution in [3.63, 3.8) is 0 Å². The molecule has 1 saturated heterocycles. The first-order chi connectivity index (χ1) is 9.60. The van der Waals surface area contributed by atoms with E-state index in [0.717, 1.165) is 13.1 Å². The van der Waals surface area contributed by atoms with Crippen LogP contribution in [0.3, 0.4) is 0 Å². The first-order valence-corrected chi connectivity index (χ1v) is 7.09. The number of hydrogen-bond donors (Lipinski definition) is 2. The quantitative estimate of drug-likeness (QED) is 0.832. The second kappa shape index (κ2) is 7.01. The molecule has 20 heavy (non-hydrogen) atoms. The van der Waals surface area contributed by atoms with Gasteiger partial charge in [0.15, 0.2) is 0 Å². The van der Waals surface area contributed by atoms with E-state index in [9.17, 15) is 0 Å². The predicted molar refractivity (Wildman–Crippen MR) is 77.2 cm³/mol. The molecule has 0 aliphatic carbocycles. The lowest BCUT2D eigenvalue weighted by molar-refractivity contribution is 0.122. The molecule has 0 saturated carbocycles. The molecule has 1 fully saturated rings. The van der Waals surface area contributed by atoms with Crippen molar-refractivity contribution in [2.75, 3.05) is 43.1 Å². The Morgan fingerprint density at radius 3 is 2.65 bits per heavy atom. The summed E-state index contributed by atoms with van der Waals surface area (Å²) >= 11 is 5.96. The Balaban J connectivity index is 2.11. The lowest BCUT2D eigenvalue weighted by atomic mass is 10.1. The minimum atomic E-state index is 0.0380. The molecule has 2 heterocycles. The van der Waals surface area contributed by atoms with Gasteiger partial charge in [-0.05, 0) is 24.4 Å². The van der Waals surface area contributed by atoms with Gasteiger partial charge in [-0.2, -0.15) is 15.0 Å². The van der Waals surface area contributed by atoms with Crippen LogP contribution in [-0.4, -0.2) is 59.0 Å². The van der Waals surface area contributed by atoms with Crippen molar-refractivity contribution in [1.29, 1.82) is 0 Å². The van der Waals surface area contributed by atoms with Crippen LogP contribution in [0.25, 0.3) is 0 Å². The SMILES string of the molecule is CC(CO)C(C)Nc1nc(Cl)nc(N2CCOCC2)n1. The fraction of sp³-hybridized carbons (Fsp3) is 0.750. The van der Waals surface area contributed by atoms with Crippen LogP contribution in [0.15, 0.2) is 0 Å². The summed E-state index contributed by atoms with van der Waals surface area (Å²) in [6, 6.07) is 0.0380. The predicted octanol–water partition coefficient (Wildman–Crippen LogP) is 0.790. The fourth-order valence-corrected chi connectivity index (χ4v) is 1.97. The highest BCUT2D eigenvalue weighted by Gasteiger charge is 2.18. The fourth-order valence-electron chi connectivity index (χ4n) is 1.81. The topological polar surface area (TPSA) is 83.4 Å². The number of aliphatic hydroxyl groups is 1. The monoisotopic (exact) mass is 301 g/mol. The van der Waals surface area contributed by atoms with E-state index in [2.05, 4.69) is 20.3 Å². The third-order valence-corrected chi connectivity index (χ3v) is 3.56. The molecular formula is C12H20ClN5O2. The Kier molecular flexibility index (Phi) is 5.33. The molecule has 0 bridgehead atoms. The number of morpholine rings is 1. The lowest BCUT2D eigenvalue weighted by Gasteiger charge is -2.27. The highest BCUT2D eigenvalue weighted by Crippen LogP contribution is 2.16. The van der Waals surface area contributed by atoms with Gasteiger partial charge in [-0.3, -0.25) is 0 Å². The van der Waals surface area contributed by atoms with E-state index < -0.39 is 0 Å². The maximum atomic E-state index is 9.15. The Morgan fingerprint density at radius 2 is 2.00 bits per heavy atom. The number of rotatable bonds is 5. The largest absolute Gasteiger partial charge is 0.396 e. The molecule has 1 aliphatic rings. The molecule has 0 spiro atoms. The van der Waals surface area contributed by atoms with Crippen LogP contribution < -0.4 is 10.2 Å². The van der Waals surface area contributed by atoms with Crippen molar-refractivity contribution in [3.05, 3.63) is 5.28 Å². The van der Waals surface area contributed by atoms with Crippen LogP contribution in [0.5, 0.6) is 0 Å². The van der Waals surface area contributed by atoms with E-state index in [1.165, 1.54) is 0 Å². The van der Waals surface area contributed by atoms with Crippen LogP contribution in [0, 0.1) is 5.92 Å². The van der Waals surface area contributed by atoms with Gasteiger partial charge in [-0.1, -0.05) is 6.92 Å². The maximum Gasteiger partial charge on any atom is 0.231 e. The number of hydrogen-bond acceptors (Lipinski definition) is 7. The van der Waals surface area contributed by atoms with Crippen molar-refractivity contribution < 1.29 is 9.84 Å².